The van der Waals surface area contributed by atoms with Crippen LogP contribution in [-0.2, 0) is 17.5 Å². The van der Waals surface area contributed by atoms with Gasteiger partial charge in [0.25, 0.3) is 0 Å². The van der Waals surface area contributed by atoms with Gasteiger partial charge in [0.15, 0.2) is 11.9 Å². The number of alkyl halides is 3. The molecule has 1 aliphatic rings. The molecule has 3 aromatic carbocycles. The van der Waals surface area contributed by atoms with Gasteiger partial charge >= 0.3 is 6.18 Å². The van der Waals surface area contributed by atoms with Crippen LogP contribution in [0.25, 0.3) is 5.69 Å². The third-order valence-corrected chi connectivity index (χ3v) is 6.82. The van der Waals surface area contributed by atoms with Crippen LogP contribution in [0.1, 0.15) is 58.8 Å². The average molecular weight is 566 g/mol. The Hall–Kier alpha value is -4.24. The van der Waals surface area contributed by atoms with Crippen molar-refractivity contribution in [1.82, 2.24) is 9.78 Å². The molecule has 2 atom stereocenters. The zero-order valence-corrected chi connectivity index (χ0v) is 21.8. The predicted molar refractivity (Wildman–Crippen MR) is 143 cm³/mol. The van der Waals surface area contributed by atoms with E-state index in [9.17, 15) is 22.7 Å². The summed E-state index contributed by atoms with van der Waals surface area (Å²) in [5.74, 6) is -0.280. The Kier molecular flexibility index (Phi) is 8.08. The molecular formula is C30H27F4N5O2. The molecule has 0 amide bonds. The van der Waals surface area contributed by atoms with Gasteiger partial charge in [-0.1, -0.05) is 30.3 Å². The first-order chi connectivity index (χ1) is 19.7. The zero-order chi connectivity index (χ0) is 29.1. The van der Waals surface area contributed by atoms with Crippen LogP contribution in [0.15, 0.2) is 72.8 Å². The lowest BCUT2D eigenvalue weighted by Gasteiger charge is -2.22. The Morgan fingerprint density at radius 2 is 1.80 bits per heavy atom. The standard InChI is InChI=1S/C30H27F4N5O2/c31-24-11-10-22(28(41-17-19-4-5-19)21-8-6-18(15-35)7-9-21)13-25(24)37-29(40)26-14-27(30(32,33)34)38-39(26)23-3-1-2-20(12-23)16-36/h1-3,6-14,19,28-29,37,40H,4-5,16-17,36H2. The molecule has 4 N–H and O–H groups in total. The van der Waals surface area contributed by atoms with Gasteiger partial charge in [-0.05, 0) is 77.9 Å². The molecule has 0 saturated heterocycles. The predicted octanol–water partition coefficient (Wildman–Crippen LogP) is 5.98. The number of anilines is 1. The topological polar surface area (TPSA) is 109 Å². The Bertz CT molecular complexity index is 1560. The number of hydrogen-bond donors (Lipinski definition) is 3. The minimum atomic E-state index is -4.77. The summed E-state index contributed by atoms with van der Waals surface area (Å²) in [4.78, 5) is 0. The number of benzene rings is 3. The zero-order valence-electron chi connectivity index (χ0n) is 21.8. The maximum atomic E-state index is 15.0. The number of aliphatic hydroxyl groups is 1. The highest BCUT2D eigenvalue weighted by Gasteiger charge is 2.36. The second-order valence-electron chi connectivity index (χ2n) is 9.91. The van der Waals surface area contributed by atoms with E-state index in [-0.39, 0.29) is 23.6 Å². The van der Waals surface area contributed by atoms with Crippen LogP contribution < -0.4 is 11.1 Å². The molecule has 4 aromatic rings. The molecule has 212 valence electrons. The number of rotatable bonds is 10. The quantitative estimate of drug-likeness (QED) is 0.161. The van der Waals surface area contributed by atoms with Gasteiger partial charge in [0.05, 0.1) is 35.3 Å². The van der Waals surface area contributed by atoms with Gasteiger partial charge in [-0.2, -0.15) is 23.5 Å². The van der Waals surface area contributed by atoms with E-state index in [1.54, 1.807) is 48.5 Å². The molecule has 7 nitrogen and oxygen atoms in total. The fourth-order valence-corrected chi connectivity index (χ4v) is 4.42. The van der Waals surface area contributed by atoms with E-state index in [1.807, 2.05) is 0 Å². The Labute approximate surface area is 233 Å². The lowest BCUT2D eigenvalue weighted by atomic mass is 9.99. The first kappa shape index (κ1) is 28.3. The van der Waals surface area contributed by atoms with E-state index in [2.05, 4.69) is 16.5 Å². The summed E-state index contributed by atoms with van der Waals surface area (Å²) in [6.45, 7) is 0.646. The molecule has 0 bridgehead atoms. The Morgan fingerprint density at radius 1 is 1.07 bits per heavy atom. The van der Waals surface area contributed by atoms with Crippen molar-refractivity contribution in [3.63, 3.8) is 0 Å². The normalized spacial score (nSPS) is 14.9. The molecule has 0 radical (unpaired) electrons. The highest BCUT2D eigenvalue weighted by atomic mass is 19.4. The van der Waals surface area contributed by atoms with E-state index in [1.165, 1.54) is 18.2 Å². The summed E-state index contributed by atoms with van der Waals surface area (Å²) in [6, 6.07) is 20.2. The van der Waals surface area contributed by atoms with Crippen molar-refractivity contribution in [2.45, 2.75) is 37.9 Å². The fourth-order valence-electron chi connectivity index (χ4n) is 4.42. The second kappa shape index (κ2) is 11.7. The minimum Gasteiger partial charge on any atom is -0.368 e. The van der Waals surface area contributed by atoms with Crippen LogP contribution >= 0.6 is 0 Å². The summed E-state index contributed by atoms with van der Waals surface area (Å²) < 4.78 is 62.9. The third-order valence-electron chi connectivity index (χ3n) is 6.82. The minimum absolute atomic E-state index is 0.138. The first-order valence-electron chi connectivity index (χ1n) is 13.0. The molecule has 5 rings (SSSR count). The molecule has 1 saturated carbocycles. The molecule has 11 heteroatoms. The summed E-state index contributed by atoms with van der Waals surface area (Å²) in [5.41, 5.74) is 6.78. The molecule has 0 spiro atoms. The van der Waals surface area contributed by atoms with Crippen LogP contribution in [0.5, 0.6) is 0 Å². The lowest BCUT2D eigenvalue weighted by Crippen LogP contribution is -2.16. The molecule has 1 heterocycles. The fraction of sp³-hybridized carbons (Fsp3) is 0.267. The smallest absolute Gasteiger partial charge is 0.368 e. The third kappa shape index (κ3) is 6.57. The molecule has 1 aromatic heterocycles. The van der Waals surface area contributed by atoms with Gasteiger partial charge in [0.1, 0.15) is 11.9 Å². The number of aromatic nitrogens is 2. The SMILES string of the molecule is N#Cc1ccc(C(OCC2CC2)c2ccc(F)c(NC(O)c3cc(C(F)(F)F)nn3-c3cccc(CN)c3)c2)cc1. The van der Waals surface area contributed by atoms with Crippen molar-refractivity contribution >= 4 is 5.69 Å². The van der Waals surface area contributed by atoms with Gasteiger partial charge in [0, 0.05) is 6.54 Å². The van der Waals surface area contributed by atoms with Crippen molar-refractivity contribution in [1.29, 1.82) is 5.26 Å². The molecule has 0 aliphatic heterocycles. The molecular weight excluding hydrogens is 538 g/mol. The average Bonchev–Trinajstić information content (AvgIpc) is 3.68. The monoisotopic (exact) mass is 565 g/mol. The second-order valence-corrected chi connectivity index (χ2v) is 9.91. The summed E-state index contributed by atoms with van der Waals surface area (Å²) >= 11 is 0. The van der Waals surface area contributed by atoms with Gasteiger partial charge in [-0.25, -0.2) is 9.07 Å². The van der Waals surface area contributed by atoms with Gasteiger partial charge in [-0.15, -0.1) is 0 Å². The Morgan fingerprint density at radius 3 is 2.46 bits per heavy atom. The van der Waals surface area contributed by atoms with Crippen LogP contribution in [-0.4, -0.2) is 21.5 Å². The molecule has 2 unspecified atom stereocenters. The molecule has 1 aliphatic carbocycles. The summed E-state index contributed by atoms with van der Waals surface area (Å²) in [6.07, 6.45) is -5.01. The number of ether oxygens (including phenoxy) is 1. The molecule has 41 heavy (non-hydrogen) atoms. The maximum absolute atomic E-state index is 15.0. The van der Waals surface area contributed by atoms with Crippen molar-refractivity contribution < 1.29 is 27.4 Å². The number of hydrogen-bond acceptors (Lipinski definition) is 6. The maximum Gasteiger partial charge on any atom is 0.435 e. The molecule has 1 fully saturated rings. The van der Waals surface area contributed by atoms with Crippen molar-refractivity contribution in [2.75, 3.05) is 11.9 Å². The Balaban J connectivity index is 1.48. The summed E-state index contributed by atoms with van der Waals surface area (Å²) in [5, 5.41) is 26.5. The van der Waals surface area contributed by atoms with E-state index in [0.717, 1.165) is 23.1 Å². The number of halogens is 4. The van der Waals surface area contributed by atoms with Crippen LogP contribution in [0.4, 0.5) is 23.2 Å². The number of nitrogens with two attached hydrogens (primary N) is 1. The van der Waals surface area contributed by atoms with Crippen LogP contribution in [0.2, 0.25) is 0 Å². The number of aliphatic hydroxyl groups excluding tert-OH is 1. The van der Waals surface area contributed by atoms with Gasteiger partial charge in [-0.3, -0.25) is 0 Å². The van der Waals surface area contributed by atoms with Crippen LogP contribution in [0.3, 0.4) is 0 Å². The van der Waals surface area contributed by atoms with Crippen molar-refractivity contribution in [2.24, 2.45) is 11.7 Å². The van der Waals surface area contributed by atoms with Gasteiger partial charge in [0.2, 0.25) is 0 Å². The number of nitrogens with one attached hydrogen (secondary N) is 1. The van der Waals surface area contributed by atoms with E-state index < -0.39 is 30.0 Å². The van der Waals surface area contributed by atoms with E-state index in [4.69, 9.17) is 15.7 Å². The van der Waals surface area contributed by atoms with Gasteiger partial charge < -0.3 is 20.9 Å². The van der Waals surface area contributed by atoms with Crippen molar-refractivity contribution in [3.05, 3.63) is 112 Å². The van der Waals surface area contributed by atoms with Crippen LogP contribution in [0, 0.1) is 23.1 Å². The number of nitriles is 1. The van der Waals surface area contributed by atoms with E-state index >= 15 is 0 Å². The van der Waals surface area contributed by atoms with E-state index in [0.29, 0.717) is 35.3 Å². The lowest BCUT2D eigenvalue weighted by molar-refractivity contribution is -0.141. The summed E-state index contributed by atoms with van der Waals surface area (Å²) in [7, 11) is 0. The number of nitrogens with zero attached hydrogens (tertiary/aromatic N) is 3. The largest absolute Gasteiger partial charge is 0.435 e. The highest BCUT2D eigenvalue weighted by molar-refractivity contribution is 5.51. The first-order valence-corrected chi connectivity index (χ1v) is 13.0. The van der Waals surface area contributed by atoms with Crippen molar-refractivity contribution in [3.8, 4) is 11.8 Å². The highest BCUT2D eigenvalue weighted by Crippen LogP contribution is 2.36.